The molecule has 0 saturated heterocycles. The van der Waals surface area contributed by atoms with Crippen LogP contribution >= 0.6 is 7.92 Å². The number of hydrogen-bond donors (Lipinski definition) is 0. The first-order valence-electron chi connectivity index (χ1n) is 8.01. The van der Waals surface area contributed by atoms with Crippen LogP contribution in [0, 0.1) is 87.3 Å². The molecule has 0 aliphatic rings. The third-order valence-corrected chi connectivity index (χ3v) is 6.75. The van der Waals surface area contributed by atoms with Crippen LogP contribution in [0.25, 0.3) is 0 Å². The fourth-order valence-electron chi connectivity index (χ4n) is 2.70. The fourth-order valence-corrected chi connectivity index (χ4v) is 5.14. The summed E-state index contributed by atoms with van der Waals surface area (Å²) in [6.07, 6.45) is 0. The zero-order chi connectivity index (χ0) is 26.0. The molecule has 3 aromatic carbocycles. The van der Waals surface area contributed by atoms with E-state index in [1.54, 1.807) is 0 Å². The van der Waals surface area contributed by atoms with Gasteiger partial charge in [0, 0.05) is 7.92 Å². The van der Waals surface area contributed by atoms with Gasteiger partial charge in [-0.05, 0) is 0 Å². The first-order valence-corrected chi connectivity index (χ1v) is 9.35. The SMILES string of the molecule is Fc1c(F)c(F)c(P(c2c(F)c(F)c(F)c(F)c2F)c2c(F)c(F)c(F)c(F)c2F)c(F)c1F.[Cl-].[Cl-].[Pd+2]. The van der Waals surface area contributed by atoms with Crippen molar-refractivity contribution in [2.24, 2.45) is 0 Å². The van der Waals surface area contributed by atoms with E-state index in [0.717, 1.165) is 0 Å². The minimum atomic E-state index is -4.90. The molecule has 37 heavy (non-hydrogen) atoms. The summed E-state index contributed by atoms with van der Waals surface area (Å²) in [6.45, 7) is 0. The van der Waals surface area contributed by atoms with Gasteiger partial charge in [-0.1, -0.05) is 0 Å². The molecule has 0 spiro atoms. The van der Waals surface area contributed by atoms with Gasteiger partial charge in [-0.15, -0.1) is 0 Å². The van der Waals surface area contributed by atoms with Crippen LogP contribution < -0.4 is 40.7 Å². The van der Waals surface area contributed by atoms with Crippen molar-refractivity contribution >= 4 is 23.8 Å². The van der Waals surface area contributed by atoms with Crippen LogP contribution in [0.15, 0.2) is 0 Å². The monoisotopic (exact) mass is 708 g/mol. The van der Waals surface area contributed by atoms with Gasteiger partial charge in [-0.25, -0.2) is 65.9 Å². The van der Waals surface area contributed by atoms with Gasteiger partial charge < -0.3 is 24.8 Å². The second-order valence-electron chi connectivity index (χ2n) is 6.09. The second kappa shape index (κ2) is 12.4. The van der Waals surface area contributed by atoms with Crippen molar-refractivity contribution in [2.75, 3.05) is 0 Å². The normalized spacial score (nSPS) is 10.7. The molecule has 0 amide bonds. The molecule has 0 N–H and O–H groups in total. The Hall–Kier alpha value is -1.72. The topological polar surface area (TPSA) is 0 Å². The smallest absolute Gasteiger partial charge is 1.00 e. The third-order valence-electron chi connectivity index (χ3n) is 4.23. The van der Waals surface area contributed by atoms with Gasteiger partial charge in [0.05, 0.1) is 15.9 Å². The first-order chi connectivity index (χ1) is 15.7. The summed E-state index contributed by atoms with van der Waals surface area (Å²) in [5.74, 6) is -44.9. The Bertz CT molecular complexity index is 1130. The third kappa shape index (κ3) is 5.28. The molecule has 0 atom stereocenters. The summed E-state index contributed by atoms with van der Waals surface area (Å²) >= 11 is 0. The molecule has 3 rings (SSSR count). The molecule has 206 valence electrons. The molecule has 0 unspecified atom stereocenters. The Kier molecular flexibility index (Phi) is 11.8. The standard InChI is InChI=1S/C18F15P.2ClH.Pd/c19-1-4(22)10(28)16(11(29)5(1)23)34(17-12(30)6(24)2(20)7(25)13(17)31)18-14(32)8(26)3(21)9(27)15(18)33;;;/h;2*1H;/q;;;+2/p-2. The molecule has 0 fully saturated rings. The van der Waals surface area contributed by atoms with E-state index in [1.165, 1.54) is 0 Å². The maximum absolute atomic E-state index is 14.4. The van der Waals surface area contributed by atoms with E-state index in [9.17, 15) is 65.9 Å². The average molecular weight is 709 g/mol. The van der Waals surface area contributed by atoms with Crippen LogP contribution in [0.2, 0.25) is 0 Å². The van der Waals surface area contributed by atoms with Gasteiger partial charge in [-0.3, -0.25) is 0 Å². The zero-order valence-electron chi connectivity index (χ0n) is 16.2. The molecule has 19 heteroatoms. The Morgan fingerprint density at radius 3 is 0.486 bits per heavy atom. The summed E-state index contributed by atoms with van der Waals surface area (Å²) in [5, 5.41) is -7.84. The summed E-state index contributed by atoms with van der Waals surface area (Å²) in [6, 6.07) is 0. The van der Waals surface area contributed by atoms with Gasteiger partial charge >= 0.3 is 20.4 Å². The van der Waals surface area contributed by atoms with Gasteiger partial charge in [-0.2, -0.15) is 0 Å². The second-order valence-corrected chi connectivity index (χ2v) is 8.10. The van der Waals surface area contributed by atoms with Crippen LogP contribution in [0.1, 0.15) is 0 Å². The van der Waals surface area contributed by atoms with Crippen LogP contribution in [-0.2, 0) is 20.4 Å². The van der Waals surface area contributed by atoms with E-state index in [-0.39, 0.29) is 45.2 Å². The number of benzene rings is 3. The van der Waals surface area contributed by atoms with E-state index >= 15 is 0 Å². The van der Waals surface area contributed by atoms with Gasteiger partial charge in [0.25, 0.3) is 0 Å². The Balaban J connectivity index is 0.00000432. The van der Waals surface area contributed by atoms with Crippen molar-refractivity contribution in [2.45, 2.75) is 0 Å². The van der Waals surface area contributed by atoms with Crippen molar-refractivity contribution in [3.63, 3.8) is 0 Å². The molecule has 0 bridgehead atoms. The minimum absolute atomic E-state index is 0. The largest absolute Gasteiger partial charge is 2.00 e. The summed E-state index contributed by atoms with van der Waals surface area (Å²) in [5.41, 5.74) is 0. The minimum Gasteiger partial charge on any atom is -1.00 e. The molecule has 0 saturated carbocycles. The van der Waals surface area contributed by atoms with Crippen molar-refractivity contribution in [1.82, 2.24) is 0 Å². The molecule has 0 aliphatic heterocycles. The van der Waals surface area contributed by atoms with Crippen molar-refractivity contribution in [1.29, 1.82) is 0 Å². The maximum atomic E-state index is 14.4. The average Bonchev–Trinajstić information content (AvgIpc) is 2.81. The van der Waals surface area contributed by atoms with E-state index < -0.39 is 111 Å². The van der Waals surface area contributed by atoms with Crippen LogP contribution in [0.5, 0.6) is 0 Å². The molecule has 0 aromatic heterocycles. The Morgan fingerprint density at radius 2 is 0.351 bits per heavy atom. The molecule has 0 radical (unpaired) electrons. The van der Waals surface area contributed by atoms with Crippen LogP contribution in [-0.4, -0.2) is 0 Å². The van der Waals surface area contributed by atoms with Crippen LogP contribution in [0.3, 0.4) is 0 Å². The summed E-state index contributed by atoms with van der Waals surface area (Å²) in [4.78, 5) is 0. The van der Waals surface area contributed by atoms with E-state index in [4.69, 9.17) is 0 Å². The van der Waals surface area contributed by atoms with E-state index in [1.807, 2.05) is 0 Å². The number of halogens is 17. The molecule has 0 heterocycles. The summed E-state index contributed by atoms with van der Waals surface area (Å²) in [7, 11) is -4.90. The van der Waals surface area contributed by atoms with Crippen molar-refractivity contribution < 1.29 is 111 Å². The zero-order valence-corrected chi connectivity index (χ0v) is 20.1. The van der Waals surface area contributed by atoms with Gasteiger partial charge in [0.2, 0.25) is 17.5 Å². The van der Waals surface area contributed by atoms with Gasteiger partial charge in [0.1, 0.15) is 0 Å². The Morgan fingerprint density at radius 1 is 0.243 bits per heavy atom. The van der Waals surface area contributed by atoms with Crippen molar-refractivity contribution in [3.8, 4) is 0 Å². The molecule has 3 aromatic rings. The van der Waals surface area contributed by atoms with Gasteiger partial charge in [0.15, 0.2) is 69.8 Å². The molecule has 0 nitrogen and oxygen atoms in total. The van der Waals surface area contributed by atoms with Crippen molar-refractivity contribution in [3.05, 3.63) is 87.3 Å². The number of hydrogen-bond acceptors (Lipinski definition) is 0. The van der Waals surface area contributed by atoms with E-state index in [0.29, 0.717) is 0 Å². The predicted molar refractivity (Wildman–Crippen MR) is 84.5 cm³/mol. The maximum Gasteiger partial charge on any atom is 2.00 e. The quantitative estimate of drug-likeness (QED) is 0.114. The summed E-state index contributed by atoms with van der Waals surface area (Å²) < 4.78 is 209. The van der Waals surface area contributed by atoms with Crippen LogP contribution in [0.4, 0.5) is 65.9 Å². The molecular formula is C18Cl2F15PPd. The first kappa shape index (κ1) is 35.3. The number of rotatable bonds is 3. The van der Waals surface area contributed by atoms with E-state index in [2.05, 4.69) is 0 Å². The predicted octanol–water partition coefficient (Wildman–Crippen LogP) is -0.463. The molecule has 0 aliphatic carbocycles. The fraction of sp³-hybridized carbons (Fsp3) is 0. The Labute approximate surface area is 222 Å². The molecular weight excluding hydrogens is 709 g/mol.